The Hall–Kier alpha value is -1.91. The smallest absolute Gasteiger partial charge is 0.0812 e. The number of nitrogens with zero attached hydrogens (tertiary/aromatic N) is 3. The van der Waals surface area contributed by atoms with Gasteiger partial charge < -0.3 is 9.80 Å². The minimum Gasteiger partial charge on any atom is -0.368 e. The molecule has 0 spiro atoms. The topological polar surface area (TPSA) is 19.4 Å². The maximum Gasteiger partial charge on any atom is 0.0812 e. The number of benzene rings is 2. The Morgan fingerprint density at radius 1 is 1.04 bits per heavy atom. The lowest BCUT2D eigenvalue weighted by molar-refractivity contribution is 0.212. The summed E-state index contributed by atoms with van der Waals surface area (Å²) in [6, 6.07) is 16.4. The van der Waals surface area contributed by atoms with Crippen LogP contribution in [-0.4, -0.2) is 42.1 Å². The molecule has 26 heavy (non-hydrogen) atoms. The average Bonchev–Trinajstić information content (AvgIpc) is 3.33. The Balaban J connectivity index is 1.16. The van der Waals surface area contributed by atoms with E-state index >= 15 is 0 Å². The molecule has 0 bridgehead atoms. The molecule has 0 radical (unpaired) electrons. The lowest BCUT2D eigenvalue weighted by atomic mass is 10.0. The highest BCUT2D eigenvalue weighted by Gasteiger charge is 2.28. The van der Waals surface area contributed by atoms with E-state index < -0.39 is 0 Å². The van der Waals surface area contributed by atoms with Crippen LogP contribution in [0.1, 0.15) is 24.0 Å². The number of fused-ring (bicyclic) bond motifs is 2. The molecule has 0 amide bonds. The summed E-state index contributed by atoms with van der Waals surface area (Å²) in [4.78, 5) is 9.69. The molecule has 1 aromatic heterocycles. The first-order valence-corrected chi connectivity index (χ1v) is 10.6. The van der Waals surface area contributed by atoms with Crippen LogP contribution < -0.4 is 4.90 Å². The third-order valence-electron chi connectivity index (χ3n) is 6.03. The molecule has 3 aromatic rings. The van der Waals surface area contributed by atoms with Gasteiger partial charge in [-0.3, -0.25) is 0 Å². The quantitative estimate of drug-likeness (QED) is 0.686. The Morgan fingerprint density at radius 2 is 1.92 bits per heavy atom. The molecule has 3 nitrogen and oxygen atoms in total. The van der Waals surface area contributed by atoms with Crippen molar-refractivity contribution < 1.29 is 0 Å². The van der Waals surface area contributed by atoms with Crippen molar-refractivity contribution in [3.8, 4) is 0 Å². The number of hydrogen-bond acceptors (Lipinski definition) is 4. The fourth-order valence-electron chi connectivity index (χ4n) is 4.54. The maximum atomic E-state index is 4.38. The first-order valence-electron chi connectivity index (χ1n) is 9.76. The van der Waals surface area contributed by atoms with Gasteiger partial charge in [0, 0.05) is 37.9 Å². The summed E-state index contributed by atoms with van der Waals surface area (Å²) in [5, 5.41) is 0. The molecule has 4 heteroatoms. The van der Waals surface area contributed by atoms with Crippen LogP contribution in [0.15, 0.2) is 48.0 Å². The number of anilines is 1. The summed E-state index contributed by atoms with van der Waals surface area (Å²) in [6.45, 7) is 4.84. The number of piperidine rings is 1. The molecule has 3 heterocycles. The number of para-hydroxylation sites is 1. The fourth-order valence-corrected chi connectivity index (χ4v) is 5.28. The second-order valence-corrected chi connectivity index (χ2v) is 8.44. The summed E-state index contributed by atoms with van der Waals surface area (Å²) in [6.07, 6.45) is 4.95. The zero-order valence-electron chi connectivity index (χ0n) is 15.1. The SMILES string of the molecule is c1ccc2c(c1)CCN2C1CCN(CCc2ccc3ncsc3c2)CC1. The normalized spacial score (nSPS) is 18.5. The van der Waals surface area contributed by atoms with Crippen molar-refractivity contribution in [2.75, 3.05) is 31.1 Å². The summed E-state index contributed by atoms with van der Waals surface area (Å²) in [7, 11) is 0. The fraction of sp³-hybridized carbons (Fsp3) is 0.409. The molecular weight excluding hydrogens is 338 g/mol. The van der Waals surface area contributed by atoms with Gasteiger partial charge in [0.1, 0.15) is 0 Å². The third kappa shape index (κ3) is 3.12. The Bertz CT molecular complexity index is 895. The molecule has 5 rings (SSSR count). The van der Waals surface area contributed by atoms with Crippen LogP contribution in [0.2, 0.25) is 0 Å². The molecule has 0 atom stereocenters. The minimum atomic E-state index is 0.725. The number of likely N-dealkylation sites (tertiary alicyclic amines) is 1. The number of rotatable bonds is 4. The van der Waals surface area contributed by atoms with E-state index in [1.807, 2.05) is 5.51 Å². The summed E-state index contributed by atoms with van der Waals surface area (Å²) < 4.78 is 1.31. The third-order valence-corrected chi connectivity index (χ3v) is 6.83. The second-order valence-electron chi connectivity index (χ2n) is 7.55. The molecule has 134 valence electrons. The van der Waals surface area contributed by atoms with Crippen molar-refractivity contribution >= 4 is 27.2 Å². The van der Waals surface area contributed by atoms with Gasteiger partial charge in [-0.1, -0.05) is 24.3 Å². The van der Waals surface area contributed by atoms with Crippen LogP contribution in [-0.2, 0) is 12.8 Å². The zero-order valence-corrected chi connectivity index (χ0v) is 15.9. The van der Waals surface area contributed by atoms with Crippen molar-refractivity contribution in [1.82, 2.24) is 9.88 Å². The van der Waals surface area contributed by atoms with Gasteiger partial charge in [-0.2, -0.15) is 0 Å². The molecule has 2 aliphatic rings. The van der Waals surface area contributed by atoms with E-state index in [-0.39, 0.29) is 0 Å². The first kappa shape index (κ1) is 16.3. The maximum absolute atomic E-state index is 4.38. The van der Waals surface area contributed by atoms with Gasteiger partial charge in [0.15, 0.2) is 0 Å². The average molecular weight is 364 g/mol. The number of hydrogen-bond donors (Lipinski definition) is 0. The second kappa shape index (κ2) is 7.01. The minimum absolute atomic E-state index is 0.725. The zero-order chi connectivity index (χ0) is 17.3. The van der Waals surface area contributed by atoms with Gasteiger partial charge in [-0.15, -0.1) is 11.3 Å². The van der Waals surface area contributed by atoms with Crippen molar-refractivity contribution in [3.05, 3.63) is 59.1 Å². The van der Waals surface area contributed by atoms with Crippen molar-refractivity contribution in [2.24, 2.45) is 0 Å². The molecule has 0 aliphatic carbocycles. The van der Waals surface area contributed by atoms with Gasteiger partial charge >= 0.3 is 0 Å². The van der Waals surface area contributed by atoms with E-state index in [9.17, 15) is 0 Å². The van der Waals surface area contributed by atoms with Crippen molar-refractivity contribution in [2.45, 2.75) is 31.7 Å². The highest BCUT2D eigenvalue weighted by Crippen LogP contribution is 2.32. The van der Waals surface area contributed by atoms with E-state index in [0.717, 1.165) is 18.0 Å². The van der Waals surface area contributed by atoms with Crippen LogP contribution in [0.4, 0.5) is 5.69 Å². The Kier molecular flexibility index (Phi) is 4.39. The summed E-state index contributed by atoms with van der Waals surface area (Å²) >= 11 is 1.74. The van der Waals surface area contributed by atoms with Crippen LogP contribution in [0, 0.1) is 0 Å². The van der Waals surface area contributed by atoms with E-state index in [2.05, 4.69) is 57.2 Å². The van der Waals surface area contributed by atoms with Gasteiger partial charge in [-0.05, 0) is 55.0 Å². The Morgan fingerprint density at radius 3 is 2.85 bits per heavy atom. The molecule has 2 aliphatic heterocycles. The lowest BCUT2D eigenvalue weighted by Gasteiger charge is -2.38. The molecule has 0 unspecified atom stereocenters. The first-order chi connectivity index (χ1) is 12.9. The lowest BCUT2D eigenvalue weighted by Crippen LogP contribution is -2.44. The predicted molar refractivity (Wildman–Crippen MR) is 110 cm³/mol. The summed E-state index contributed by atoms with van der Waals surface area (Å²) in [5.74, 6) is 0. The van der Waals surface area contributed by atoms with Crippen LogP contribution >= 0.6 is 11.3 Å². The molecule has 0 N–H and O–H groups in total. The standard InChI is InChI=1S/C22H25N3S/c1-2-4-21-18(3-1)8-14-25(21)19-9-12-24(13-10-19)11-7-17-5-6-20-22(15-17)26-16-23-20/h1-6,15-16,19H,7-14H2. The predicted octanol–water partition coefficient (Wildman–Crippen LogP) is 4.37. The van der Waals surface area contributed by atoms with Gasteiger partial charge in [0.25, 0.3) is 0 Å². The van der Waals surface area contributed by atoms with Crippen LogP contribution in [0.25, 0.3) is 10.2 Å². The Labute approximate surface area is 159 Å². The van der Waals surface area contributed by atoms with Crippen molar-refractivity contribution in [1.29, 1.82) is 0 Å². The van der Waals surface area contributed by atoms with Crippen LogP contribution in [0.5, 0.6) is 0 Å². The molecule has 2 aromatic carbocycles. The number of aromatic nitrogens is 1. The monoisotopic (exact) mass is 363 g/mol. The van der Waals surface area contributed by atoms with Crippen LogP contribution in [0.3, 0.4) is 0 Å². The highest BCUT2D eigenvalue weighted by atomic mass is 32.1. The largest absolute Gasteiger partial charge is 0.368 e. The highest BCUT2D eigenvalue weighted by molar-refractivity contribution is 7.16. The molecule has 0 saturated carbocycles. The molecular formula is C22H25N3S. The summed E-state index contributed by atoms with van der Waals surface area (Å²) in [5.41, 5.74) is 7.54. The van der Waals surface area contributed by atoms with Crippen molar-refractivity contribution in [3.63, 3.8) is 0 Å². The molecule has 1 saturated heterocycles. The van der Waals surface area contributed by atoms with E-state index in [1.54, 1.807) is 11.3 Å². The van der Waals surface area contributed by atoms with E-state index in [1.165, 1.54) is 67.0 Å². The van der Waals surface area contributed by atoms with Gasteiger partial charge in [-0.25, -0.2) is 4.98 Å². The van der Waals surface area contributed by atoms with E-state index in [4.69, 9.17) is 0 Å². The van der Waals surface area contributed by atoms with Gasteiger partial charge in [0.05, 0.1) is 15.7 Å². The molecule has 1 fully saturated rings. The number of thiazole rings is 1. The van der Waals surface area contributed by atoms with Gasteiger partial charge in [0.2, 0.25) is 0 Å². The van der Waals surface area contributed by atoms with E-state index in [0.29, 0.717) is 0 Å².